The van der Waals surface area contributed by atoms with Gasteiger partial charge in [0.05, 0.1) is 0 Å². The highest BCUT2D eigenvalue weighted by Crippen LogP contribution is 2.18. The zero-order valence-corrected chi connectivity index (χ0v) is 9.87. The minimum atomic E-state index is -0.483. The average Bonchev–Trinajstić information content (AvgIpc) is 2.32. The molecule has 15 heavy (non-hydrogen) atoms. The van der Waals surface area contributed by atoms with Crippen LogP contribution in [0.3, 0.4) is 0 Å². The number of hydrogen-bond acceptors (Lipinski definition) is 3. The van der Waals surface area contributed by atoms with Crippen LogP contribution >= 0.6 is 0 Å². The lowest BCUT2D eigenvalue weighted by Gasteiger charge is -2.24. The van der Waals surface area contributed by atoms with Crippen LogP contribution in [0.2, 0.25) is 0 Å². The Hall–Kier alpha value is -1.06. The molecule has 0 aromatic carbocycles. The van der Waals surface area contributed by atoms with E-state index in [1.165, 1.54) is 0 Å². The molecular formula is C11H19NO3. The summed E-state index contributed by atoms with van der Waals surface area (Å²) < 4.78 is 5.16. The zero-order chi connectivity index (χ0) is 11.6. The van der Waals surface area contributed by atoms with E-state index in [9.17, 15) is 9.59 Å². The number of likely N-dealkylation sites (tertiary alicyclic amines) is 1. The van der Waals surface area contributed by atoms with Gasteiger partial charge in [-0.15, -0.1) is 0 Å². The van der Waals surface area contributed by atoms with E-state index in [0.717, 1.165) is 6.42 Å². The summed E-state index contributed by atoms with van der Waals surface area (Å²) in [6.07, 6.45) is 1.38. The van der Waals surface area contributed by atoms with Crippen molar-refractivity contribution in [1.82, 2.24) is 4.90 Å². The van der Waals surface area contributed by atoms with Crippen LogP contribution in [0.25, 0.3) is 0 Å². The Labute approximate surface area is 90.6 Å². The lowest BCUT2D eigenvalue weighted by molar-refractivity contribution is -0.158. The number of rotatable bonds is 2. The molecule has 0 spiro atoms. The van der Waals surface area contributed by atoms with E-state index in [1.54, 1.807) is 4.90 Å². The van der Waals surface area contributed by atoms with Crippen molar-refractivity contribution in [1.29, 1.82) is 0 Å². The van der Waals surface area contributed by atoms with Crippen LogP contribution in [0.4, 0.5) is 0 Å². The highest BCUT2D eigenvalue weighted by molar-refractivity contribution is 5.84. The zero-order valence-electron chi connectivity index (χ0n) is 9.87. The standard InChI is InChI=1S/C11H19NO3/c1-8-5-6-9(13)12(8)7-10(14)15-11(2,3)4/h8H,5-7H2,1-4H3. The molecule has 1 unspecified atom stereocenters. The molecule has 1 rings (SSSR count). The van der Waals surface area contributed by atoms with Gasteiger partial charge < -0.3 is 9.64 Å². The second kappa shape index (κ2) is 4.21. The summed E-state index contributed by atoms with van der Waals surface area (Å²) in [6.45, 7) is 7.49. The predicted octanol–water partition coefficient (Wildman–Crippen LogP) is 1.34. The Morgan fingerprint density at radius 3 is 2.53 bits per heavy atom. The van der Waals surface area contributed by atoms with Gasteiger partial charge in [-0.25, -0.2) is 0 Å². The summed E-state index contributed by atoms with van der Waals surface area (Å²) in [5.41, 5.74) is -0.483. The van der Waals surface area contributed by atoms with Crippen molar-refractivity contribution < 1.29 is 14.3 Å². The molecule has 1 amide bonds. The van der Waals surface area contributed by atoms with E-state index >= 15 is 0 Å². The van der Waals surface area contributed by atoms with Crippen molar-refractivity contribution >= 4 is 11.9 Å². The van der Waals surface area contributed by atoms with Gasteiger partial charge in [0, 0.05) is 12.5 Å². The summed E-state index contributed by atoms with van der Waals surface area (Å²) in [5.74, 6) is -0.280. The Balaban J connectivity index is 2.48. The first-order chi connectivity index (χ1) is 6.79. The van der Waals surface area contributed by atoms with Crippen LogP contribution in [0.1, 0.15) is 40.5 Å². The maximum atomic E-state index is 11.5. The van der Waals surface area contributed by atoms with Crippen LogP contribution in [-0.2, 0) is 14.3 Å². The van der Waals surface area contributed by atoms with Gasteiger partial charge >= 0.3 is 5.97 Å². The fraction of sp³-hybridized carbons (Fsp3) is 0.818. The topological polar surface area (TPSA) is 46.6 Å². The lowest BCUT2D eigenvalue weighted by Crippen LogP contribution is -2.38. The third kappa shape index (κ3) is 3.53. The summed E-state index contributed by atoms with van der Waals surface area (Å²) in [5, 5.41) is 0. The number of hydrogen-bond donors (Lipinski definition) is 0. The van der Waals surface area contributed by atoms with Crippen molar-refractivity contribution in [3.63, 3.8) is 0 Å². The Kier molecular flexibility index (Phi) is 3.37. The van der Waals surface area contributed by atoms with Crippen LogP contribution in [0.15, 0.2) is 0 Å². The highest BCUT2D eigenvalue weighted by Gasteiger charge is 2.30. The van der Waals surface area contributed by atoms with Crippen LogP contribution in [0, 0.1) is 0 Å². The number of carbonyl (C=O) groups is 2. The largest absolute Gasteiger partial charge is 0.459 e. The molecule has 0 bridgehead atoms. The van der Waals surface area contributed by atoms with Crippen LogP contribution in [-0.4, -0.2) is 35.0 Å². The molecule has 1 aliphatic rings. The molecule has 0 aromatic rings. The van der Waals surface area contributed by atoms with Gasteiger partial charge in [-0.3, -0.25) is 9.59 Å². The average molecular weight is 213 g/mol. The number of carbonyl (C=O) groups excluding carboxylic acids is 2. The molecule has 1 heterocycles. The Bertz CT molecular complexity index is 267. The molecule has 86 valence electrons. The lowest BCUT2D eigenvalue weighted by atomic mass is 10.2. The van der Waals surface area contributed by atoms with Crippen LogP contribution in [0.5, 0.6) is 0 Å². The van der Waals surface area contributed by atoms with E-state index < -0.39 is 5.60 Å². The third-order valence-electron chi connectivity index (χ3n) is 2.35. The number of esters is 1. The van der Waals surface area contributed by atoms with Gasteiger partial charge in [0.1, 0.15) is 12.1 Å². The van der Waals surface area contributed by atoms with Crippen molar-refractivity contribution in [2.75, 3.05) is 6.54 Å². The molecule has 4 nitrogen and oxygen atoms in total. The van der Waals surface area contributed by atoms with Crippen molar-refractivity contribution in [3.05, 3.63) is 0 Å². The molecule has 1 atom stereocenters. The second-order valence-corrected chi connectivity index (χ2v) is 5.00. The molecular weight excluding hydrogens is 194 g/mol. The van der Waals surface area contributed by atoms with Gasteiger partial charge in [0.15, 0.2) is 0 Å². The molecule has 1 saturated heterocycles. The second-order valence-electron chi connectivity index (χ2n) is 5.00. The predicted molar refractivity (Wildman–Crippen MR) is 56.3 cm³/mol. The summed E-state index contributed by atoms with van der Waals surface area (Å²) in [4.78, 5) is 24.5. The van der Waals surface area contributed by atoms with Crippen molar-refractivity contribution in [3.8, 4) is 0 Å². The molecule has 0 N–H and O–H groups in total. The first kappa shape index (κ1) is 12.0. The monoisotopic (exact) mass is 213 g/mol. The summed E-state index contributed by atoms with van der Waals surface area (Å²) >= 11 is 0. The maximum absolute atomic E-state index is 11.5. The fourth-order valence-electron chi connectivity index (χ4n) is 1.63. The van der Waals surface area contributed by atoms with E-state index in [0.29, 0.717) is 6.42 Å². The molecule has 0 aromatic heterocycles. The minimum Gasteiger partial charge on any atom is -0.459 e. The summed E-state index contributed by atoms with van der Waals surface area (Å²) in [7, 11) is 0. The minimum absolute atomic E-state index is 0.0494. The smallest absolute Gasteiger partial charge is 0.326 e. The molecule has 1 aliphatic heterocycles. The molecule has 1 fully saturated rings. The SMILES string of the molecule is CC1CCC(=O)N1CC(=O)OC(C)(C)C. The van der Waals surface area contributed by atoms with Gasteiger partial charge in [-0.05, 0) is 34.1 Å². The summed E-state index contributed by atoms with van der Waals surface area (Å²) in [6, 6.07) is 0.157. The van der Waals surface area contributed by atoms with E-state index in [4.69, 9.17) is 4.74 Å². The Morgan fingerprint density at radius 2 is 2.13 bits per heavy atom. The van der Waals surface area contributed by atoms with E-state index in [-0.39, 0.29) is 24.5 Å². The van der Waals surface area contributed by atoms with Gasteiger partial charge in [-0.1, -0.05) is 0 Å². The van der Waals surface area contributed by atoms with Crippen molar-refractivity contribution in [2.24, 2.45) is 0 Å². The van der Waals surface area contributed by atoms with E-state index in [1.807, 2.05) is 27.7 Å². The first-order valence-electron chi connectivity index (χ1n) is 5.31. The normalized spacial score (nSPS) is 22.0. The maximum Gasteiger partial charge on any atom is 0.326 e. The number of ether oxygens (including phenoxy) is 1. The molecule has 0 saturated carbocycles. The van der Waals surface area contributed by atoms with Gasteiger partial charge in [-0.2, -0.15) is 0 Å². The third-order valence-corrected chi connectivity index (χ3v) is 2.35. The molecule has 0 aliphatic carbocycles. The highest BCUT2D eigenvalue weighted by atomic mass is 16.6. The van der Waals surface area contributed by atoms with Gasteiger partial charge in [0.2, 0.25) is 5.91 Å². The fourth-order valence-corrected chi connectivity index (χ4v) is 1.63. The van der Waals surface area contributed by atoms with Crippen LogP contribution < -0.4 is 0 Å². The number of nitrogens with zero attached hydrogens (tertiary/aromatic N) is 1. The van der Waals surface area contributed by atoms with Crippen molar-refractivity contribution in [2.45, 2.75) is 52.2 Å². The quantitative estimate of drug-likeness (QED) is 0.650. The van der Waals surface area contributed by atoms with Gasteiger partial charge in [0.25, 0.3) is 0 Å². The molecule has 0 radical (unpaired) electrons. The number of amides is 1. The molecule has 4 heteroatoms. The van der Waals surface area contributed by atoms with E-state index in [2.05, 4.69) is 0 Å². The Morgan fingerprint density at radius 1 is 1.53 bits per heavy atom. The first-order valence-corrected chi connectivity index (χ1v) is 5.31.